The van der Waals surface area contributed by atoms with Crippen LogP contribution < -0.4 is 5.32 Å². The maximum atomic E-state index is 14.3. The number of nitrogens with one attached hydrogen (secondary N) is 1. The molecule has 0 radical (unpaired) electrons. The normalized spacial score (nSPS) is 13.2. The first-order valence-electron chi connectivity index (χ1n) is 12.5. The third kappa shape index (κ3) is 5.07. The fraction of sp³-hybridized carbons (Fsp3) is 0.250. The molecule has 0 unspecified atom stereocenters. The van der Waals surface area contributed by atoms with Crippen molar-refractivity contribution < 1.29 is 32.6 Å². The van der Waals surface area contributed by atoms with Gasteiger partial charge >= 0.3 is 12.1 Å². The zero-order valence-corrected chi connectivity index (χ0v) is 21.9. The van der Waals surface area contributed by atoms with Gasteiger partial charge in [0.25, 0.3) is 0 Å². The number of carbonyl (C=O) groups excluding carboxylic acids is 3. The fourth-order valence-corrected chi connectivity index (χ4v) is 4.67. The van der Waals surface area contributed by atoms with Gasteiger partial charge in [-0.3, -0.25) is 4.79 Å². The van der Waals surface area contributed by atoms with Crippen molar-refractivity contribution in [1.29, 1.82) is 0 Å². The standard InChI is InChI=1S/C28H25F2N5O5/c1-4-40-27(37)23-12-22(16-5-7-20(8-6-16)31-15(2)36)24-25(17-13-34(14-17)28(38)39-3)33-35(26(24)32-23)21-10-18(29)9-19(30)11-21/h5-12,17H,4,13-14H2,1-3H3,(H,31,36). The predicted molar refractivity (Wildman–Crippen MR) is 141 cm³/mol. The molecule has 2 amide bonds. The highest BCUT2D eigenvalue weighted by Gasteiger charge is 2.37. The lowest BCUT2D eigenvalue weighted by Gasteiger charge is -2.37. The molecule has 5 rings (SSSR count). The van der Waals surface area contributed by atoms with Crippen molar-refractivity contribution in [3.8, 4) is 16.8 Å². The largest absolute Gasteiger partial charge is 0.461 e. The van der Waals surface area contributed by atoms with Gasteiger partial charge in [-0.1, -0.05) is 12.1 Å². The van der Waals surface area contributed by atoms with Crippen LogP contribution in [0.25, 0.3) is 27.8 Å². The summed E-state index contributed by atoms with van der Waals surface area (Å²) in [6.45, 7) is 3.79. The molecule has 206 valence electrons. The number of fused-ring (bicyclic) bond motifs is 1. The van der Waals surface area contributed by atoms with Crippen LogP contribution in [0, 0.1) is 11.6 Å². The topological polar surface area (TPSA) is 116 Å². The molecule has 12 heteroatoms. The number of pyridine rings is 1. The first kappa shape index (κ1) is 26.7. The number of aromatic nitrogens is 3. The van der Waals surface area contributed by atoms with Gasteiger partial charge in [0.2, 0.25) is 5.91 Å². The highest BCUT2D eigenvalue weighted by Crippen LogP contribution is 2.39. The van der Waals surface area contributed by atoms with Crippen molar-refractivity contribution >= 4 is 34.7 Å². The molecule has 1 N–H and O–H groups in total. The van der Waals surface area contributed by atoms with Gasteiger partial charge in [-0.2, -0.15) is 5.10 Å². The Bertz CT molecular complexity index is 1610. The summed E-state index contributed by atoms with van der Waals surface area (Å²) in [7, 11) is 1.29. The van der Waals surface area contributed by atoms with E-state index in [1.807, 2.05) is 0 Å². The zero-order valence-electron chi connectivity index (χ0n) is 21.9. The van der Waals surface area contributed by atoms with Gasteiger partial charge in [0, 0.05) is 37.7 Å². The van der Waals surface area contributed by atoms with Gasteiger partial charge in [0.15, 0.2) is 11.3 Å². The lowest BCUT2D eigenvalue weighted by molar-refractivity contribution is -0.114. The number of likely N-dealkylation sites (tertiary alicyclic amines) is 1. The molecule has 1 saturated heterocycles. The number of halogens is 2. The molecule has 0 atom stereocenters. The Morgan fingerprint density at radius 2 is 1.73 bits per heavy atom. The summed E-state index contributed by atoms with van der Waals surface area (Å²) < 4.78 is 39.8. The quantitative estimate of drug-likeness (QED) is 0.348. The molecule has 10 nitrogen and oxygen atoms in total. The van der Waals surface area contributed by atoms with E-state index in [0.29, 0.717) is 41.0 Å². The van der Waals surface area contributed by atoms with Gasteiger partial charge in [0.1, 0.15) is 11.6 Å². The molecular weight excluding hydrogens is 524 g/mol. The number of hydrogen-bond donors (Lipinski definition) is 1. The van der Waals surface area contributed by atoms with Crippen LogP contribution in [0.1, 0.15) is 35.9 Å². The van der Waals surface area contributed by atoms with E-state index in [9.17, 15) is 23.2 Å². The number of methoxy groups -OCH3 is 1. The van der Waals surface area contributed by atoms with Crippen LogP contribution >= 0.6 is 0 Å². The van der Waals surface area contributed by atoms with Crippen molar-refractivity contribution in [3.63, 3.8) is 0 Å². The van der Waals surface area contributed by atoms with Crippen LogP contribution in [0.5, 0.6) is 0 Å². The van der Waals surface area contributed by atoms with Crippen molar-refractivity contribution in [2.45, 2.75) is 19.8 Å². The summed E-state index contributed by atoms with van der Waals surface area (Å²) in [6, 6.07) is 11.5. The molecule has 40 heavy (non-hydrogen) atoms. The number of ether oxygens (including phenoxy) is 2. The summed E-state index contributed by atoms with van der Waals surface area (Å²) in [6.07, 6.45) is -0.483. The Morgan fingerprint density at radius 1 is 1.05 bits per heavy atom. The smallest absolute Gasteiger partial charge is 0.409 e. The fourth-order valence-electron chi connectivity index (χ4n) is 4.67. The molecule has 2 aromatic carbocycles. The highest BCUT2D eigenvalue weighted by atomic mass is 19.1. The van der Waals surface area contributed by atoms with Gasteiger partial charge in [-0.05, 0) is 48.4 Å². The maximum Gasteiger partial charge on any atom is 0.409 e. The summed E-state index contributed by atoms with van der Waals surface area (Å²) in [5.74, 6) is -2.77. The molecule has 0 spiro atoms. The van der Waals surface area contributed by atoms with E-state index in [4.69, 9.17) is 14.6 Å². The molecule has 4 aromatic rings. The Labute approximate surface area is 227 Å². The van der Waals surface area contributed by atoms with Crippen molar-refractivity contribution in [2.75, 3.05) is 32.1 Å². The molecule has 3 heterocycles. The van der Waals surface area contributed by atoms with E-state index < -0.39 is 23.7 Å². The number of benzene rings is 2. The summed E-state index contributed by atoms with van der Waals surface area (Å²) in [4.78, 5) is 42.4. The van der Waals surface area contributed by atoms with Gasteiger partial charge in [0.05, 0.1) is 30.5 Å². The van der Waals surface area contributed by atoms with E-state index in [1.54, 1.807) is 37.3 Å². The van der Waals surface area contributed by atoms with Crippen molar-refractivity contribution in [3.05, 3.63) is 71.6 Å². The zero-order chi connectivity index (χ0) is 28.6. The molecule has 0 saturated carbocycles. The number of rotatable bonds is 6. The van der Waals surface area contributed by atoms with E-state index in [1.165, 1.54) is 23.6 Å². The summed E-state index contributed by atoms with van der Waals surface area (Å²) in [5, 5.41) is 7.96. The van der Waals surface area contributed by atoms with Crippen LogP contribution in [0.15, 0.2) is 48.5 Å². The number of carbonyl (C=O) groups is 3. The minimum Gasteiger partial charge on any atom is -0.461 e. The number of nitrogens with zero attached hydrogens (tertiary/aromatic N) is 4. The Hall–Kier alpha value is -4.87. The maximum absolute atomic E-state index is 14.3. The number of hydrogen-bond acceptors (Lipinski definition) is 7. The molecule has 1 aliphatic rings. The SMILES string of the molecule is CCOC(=O)c1cc(-c2ccc(NC(C)=O)cc2)c2c(C3CN(C(=O)OC)C3)nn(-c3cc(F)cc(F)c3)c2n1. The second-order valence-corrected chi connectivity index (χ2v) is 9.23. The minimum absolute atomic E-state index is 0.0235. The van der Waals surface area contributed by atoms with Crippen LogP contribution in [0.3, 0.4) is 0 Å². The predicted octanol–water partition coefficient (Wildman–Crippen LogP) is 4.67. The average Bonchev–Trinajstić information content (AvgIpc) is 3.26. The molecular formula is C28H25F2N5O5. The molecule has 0 aliphatic carbocycles. The van der Waals surface area contributed by atoms with Crippen LogP contribution in [0.2, 0.25) is 0 Å². The second-order valence-electron chi connectivity index (χ2n) is 9.23. The van der Waals surface area contributed by atoms with Gasteiger partial charge in [-0.25, -0.2) is 28.0 Å². The van der Waals surface area contributed by atoms with E-state index in [-0.39, 0.29) is 35.5 Å². The van der Waals surface area contributed by atoms with Gasteiger partial charge in [-0.15, -0.1) is 0 Å². The first-order chi connectivity index (χ1) is 19.2. The Balaban J connectivity index is 1.75. The van der Waals surface area contributed by atoms with Crippen LogP contribution in [0.4, 0.5) is 19.3 Å². The first-order valence-corrected chi connectivity index (χ1v) is 12.5. The average molecular weight is 550 g/mol. The van der Waals surface area contributed by atoms with Crippen molar-refractivity contribution in [2.24, 2.45) is 0 Å². The summed E-state index contributed by atoms with van der Waals surface area (Å²) >= 11 is 0. The van der Waals surface area contributed by atoms with Crippen LogP contribution in [-0.4, -0.2) is 64.4 Å². The number of amides is 2. The van der Waals surface area contributed by atoms with Gasteiger partial charge < -0.3 is 19.7 Å². The number of esters is 1. The van der Waals surface area contributed by atoms with Crippen LogP contribution in [-0.2, 0) is 14.3 Å². The lowest BCUT2D eigenvalue weighted by atomic mass is 9.91. The molecule has 1 aliphatic heterocycles. The molecule has 1 fully saturated rings. The third-order valence-electron chi connectivity index (χ3n) is 6.46. The third-order valence-corrected chi connectivity index (χ3v) is 6.46. The van der Waals surface area contributed by atoms with Crippen molar-refractivity contribution in [1.82, 2.24) is 19.7 Å². The molecule has 2 aromatic heterocycles. The Morgan fingerprint density at radius 3 is 2.33 bits per heavy atom. The number of anilines is 1. The monoisotopic (exact) mass is 549 g/mol. The summed E-state index contributed by atoms with van der Waals surface area (Å²) in [5.41, 5.74) is 2.57. The second kappa shape index (κ2) is 10.7. The van der Waals surface area contributed by atoms with E-state index in [0.717, 1.165) is 18.2 Å². The minimum atomic E-state index is -0.809. The van der Waals surface area contributed by atoms with E-state index in [2.05, 4.69) is 10.3 Å². The Kier molecular flexibility index (Phi) is 7.16. The highest BCUT2D eigenvalue weighted by molar-refractivity contribution is 6.01. The lowest BCUT2D eigenvalue weighted by Crippen LogP contribution is -2.48. The van der Waals surface area contributed by atoms with E-state index >= 15 is 0 Å². The molecule has 0 bridgehead atoms.